The van der Waals surface area contributed by atoms with Crippen molar-refractivity contribution >= 4 is 17.3 Å². The third-order valence-corrected chi connectivity index (χ3v) is 3.12. The highest BCUT2D eigenvalue weighted by molar-refractivity contribution is 6.13. The van der Waals surface area contributed by atoms with Crippen LogP contribution in [-0.2, 0) is 0 Å². The molecular weight excluding hydrogens is 250 g/mol. The lowest BCUT2D eigenvalue weighted by molar-refractivity contribution is 0.0894. The van der Waals surface area contributed by atoms with Gasteiger partial charge in [0.1, 0.15) is 0 Å². The first-order valence-electron chi connectivity index (χ1n) is 6.47. The van der Waals surface area contributed by atoms with Crippen molar-refractivity contribution < 1.29 is 9.59 Å². The number of anilines is 1. The van der Waals surface area contributed by atoms with Gasteiger partial charge in [0.25, 0.3) is 0 Å². The van der Waals surface area contributed by atoms with Gasteiger partial charge in [-0.25, -0.2) is 0 Å². The van der Waals surface area contributed by atoms with E-state index in [-0.39, 0.29) is 18.0 Å². The summed E-state index contributed by atoms with van der Waals surface area (Å²) >= 11 is 0. The second-order valence-corrected chi connectivity index (χ2v) is 4.83. The van der Waals surface area contributed by atoms with Gasteiger partial charge >= 0.3 is 0 Å². The van der Waals surface area contributed by atoms with Crippen molar-refractivity contribution in [2.45, 2.75) is 6.42 Å². The lowest BCUT2D eigenvalue weighted by atomic mass is 10.0. The number of carbonyl (C=O) groups is 2. The molecule has 102 valence electrons. The molecule has 0 radical (unpaired) electrons. The molecule has 2 rings (SSSR count). The second-order valence-electron chi connectivity index (χ2n) is 4.83. The van der Waals surface area contributed by atoms with Crippen LogP contribution in [0.1, 0.15) is 27.1 Å². The maximum atomic E-state index is 12.1. The molecule has 0 aliphatic carbocycles. The molecule has 0 saturated heterocycles. The number of nitrogens with zero attached hydrogens (tertiary/aromatic N) is 1. The first-order chi connectivity index (χ1) is 9.58. The standard InChI is InChI=1S/C17H17NO2/c1-18(2)15-10-8-14(9-11-15)17(20)12-16(19)13-6-4-3-5-7-13/h3-11H,12H2,1-2H3. The molecule has 0 amide bonds. The summed E-state index contributed by atoms with van der Waals surface area (Å²) in [6.45, 7) is 0. The number of carbonyl (C=O) groups excluding carboxylic acids is 2. The number of rotatable bonds is 5. The Balaban J connectivity index is 2.07. The zero-order chi connectivity index (χ0) is 14.5. The third kappa shape index (κ3) is 3.32. The van der Waals surface area contributed by atoms with Gasteiger partial charge in [0.15, 0.2) is 11.6 Å². The predicted molar refractivity (Wildman–Crippen MR) is 80.5 cm³/mol. The third-order valence-electron chi connectivity index (χ3n) is 3.12. The van der Waals surface area contributed by atoms with E-state index in [1.807, 2.05) is 37.2 Å². The van der Waals surface area contributed by atoms with E-state index in [1.54, 1.807) is 36.4 Å². The van der Waals surface area contributed by atoms with Crippen LogP contribution >= 0.6 is 0 Å². The maximum Gasteiger partial charge on any atom is 0.170 e. The Morgan fingerprint density at radius 2 is 1.30 bits per heavy atom. The van der Waals surface area contributed by atoms with Crippen molar-refractivity contribution in [3.8, 4) is 0 Å². The Labute approximate surface area is 118 Å². The summed E-state index contributed by atoms with van der Waals surface area (Å²) in [5, 5.41) is 0. The quantitative estimate of drug-likeness (QED) is 0.616. The van der Waals surface area contributed by atoms with E-state index in [0.29, 0.717) is 11.1 Å². The fourth-order valence-electron chi connectivity index (χ4n) is 1.92. The molecule has 0 spiro atoms. The molecule has 0 unspecified atom stereocenters. The van der Waals surface area contributed by atoms with Crippen LogP contribution in [0.2, 0.25) is 0 Å². The van der Waals surface area contributed by atoms with Crippen molar-refractivity contribution in [2.24, 2.45) is 0 Å². The summed E-state index contributed by atoms with van der Waals surface area (Å²) in [6.07, 6.45) is -0.0919. The lowest BCUT2D eigenvalue weighted by Crippen LogP contribution is -2.10. The van der Waals surface area contributed by atoms with E-state index in [1.165, 1.54) is 0 Å². The van der Waals surface area contributed by atoms with Crippen LogP contribution in [0, 0.1) is 0 Å². The summed E-state index contributed by atoms with van der Waals surface area (Å²) in [5.41, 5.74) is 2.17. The summed E-state index contributed by atoms with van der Waals surface area (Å²) in [6, 6.07) is 16.2. The van der Waals surface area contributed by atoms with Gasteiger partial charge < -0.3 is 4.90 Å². The van der Waals surface area contributed by atoms with Gasteiger partial charge in [-0.1, -0.05) is 30.3 Å². The van der Waals surface area contributed by atoms with Crippen LogP contribution in [-0.4, -0.2) is 25.7 Å². The first-order valence-corrected chi connectivity index (χ1v) is 6.47. The van der Waals surface area contributed by atoms with Crippen LogP contribution in [0.15, 0.2) is 54.6 Å². The molecule has 0 N–H and O–H groups in total. The number of ketones is 2. The molecule has 3 nitrogen and oxygen atoms in total. The van der Waals surface area contributed by atoms with Gasteiger partial charge in [-0.3, -0.25) is 9.59 Å². The van der Waals surface area contributed by atoms with Crippen molar-refractivity contribution in [2.75, 3.05) is 19.0 Å². The maximum absolute atomic E-state index is 12.1. The van der Waals surface area contributed by atoms with Crippen LogP contribution in [0.4, 0.5) is 5.69 Å². The average molecular weight is 267 g/mol. The Kier molecular flexibility index (Phi) is 4.31. The van der Waals surface area contributed by atoms with E-state index >= 15 is 0 Å². The van der Waals surface area contributed by atoms with E-state index in [9.17, 15) is 9.59 Å². The largest absolute Gasteiger partial charge is 0.378 e. The molecule has 2 aromatic carbocycles. The van der Waals surface area contributed by atoms with Gasteiger partial charge in [-0.2, -0.15) is 0 Å². The van der Waals surface area contributed by atoms with Gasteiger partial charge in [-0.15, -0.1) is 0 Å². The number of benzene rings is 2. The molecule has 0 aliphatic rings. The van der Waals surface area contributed by atoms with E-state index < -0.39 is 0 Å². The Morgan fingerprint density at radius 1 is 0.800 bits per heavy atom. The van der Waals surface area contributed by atoms with Gasteiger partial charge in [0, 0.05) is 30.9 Å². The van der Waals surface area contributed by atoms with Gasteiger partial charge in [0.05, 0.1) is 6.42 Å². The highest BCUT2D eigenvalue weighted by atomic mass is 16.1. The minimum absolute atomic E-state index is 0.0919. The minimum atomic E-state index is -0.149. The normalized spacial score (nSPS) is 10.1. The molecule has 0 saturated carbocycles. The smallest absolute Gasteiger partial charge is 0.170 e. The zero-order valence-corrected chi connectivity index (χ0v) is 11.7. The van der Waals surface area contributed by atoms with E-state index in [2.05, 4.69) is 0 Å². The van der Waals surface area contributed by atoms with E-state index in [0.717, 1.165) is 5.69 Å². The molecule has 0 heterocycles. The van der Waals surface area contributed by atoms with Crippen LogP contribution < -0.4 is 4.90 Å². The molecule has 0 aromatic heterocycles. The molecule has 2 aromatic rings. The molecule has 20 heavy (non-hydrogen) atoms. The predicted octanol–water partition coefficient (Wildman–Crippen LogP) is 3.21. The molecular formula is C17H17NO2. The van der Waals surface area contributed by atoms with Crippen LogP contribution in [0.25, 0.3) is 0 Å². The Hall–Kier alpha value is -2.42. The van der Waals surface area contributed by atoms with Crippen LogP contribution in [0.5, 0.6) is 0 Å². The first kappa shape index (κ1) is 14.0. The summed E-state index contributed by atoms with van der Waals surface area (Å²) in [5.74, 6) is -0.295. The number of hydrogen-bond donors (Lipinski definition) is 0. The monoisotopic (exact) mass is 267 g/mol. The van der Waals surface area contributed by atoms with Crippen molar-refractivity contribution in [3.63, 3.8) is 0 Å². The topological polar surface area (TPSA) is 37.4 Å². The highest BCUT2D eigenvalue weighted by Crippen LogP contribution is 2.14. The van der Waals surface area contributed by atoms with E-state index in [4.69, 9.17) is 0 Å². The fraction of sp³-hybridized carbons (Fsp3) is 0.176. The number of Topliss-reactive ketones (excluding diaryl/α,β-unsaturated/α-hetero) is 2. The van der Waals surface area contributed by atoms with Crippen LogP contribution in [0.3, 0.4) is 0 Å². The molecule has 0 fully saturated rings. The lowest BCUT2D eigenvalue weighted by Gasteiger charge is -2.12. The molecule has 0 bridgehead atoms. The van der Waals surface area contributed by atoms with Gasteiger partial charge in [0.2, 0.25) is 0 Å². The van der Waals surface area contributed by atoms with Crippen molar-refractivity contribution in [3.05, 3.63) is 65.7 Å². The zero-order valence-electron chi connectivity index (χ0n) is 11.7. The molecule has 0 atom stereocenters. The summed E-state index contributed by atoms with van der Waals surface area (Å²) < 4.78 is 0. The second kappa shape index (κ2) is 6.15. The highest BCUT2D eigenvalue weighted by Gasteiger charge is 2.13. The Morgan fingerprint density at radius 3 is 1.80 bits per heavy atom. The summed E-state index contributed by atoms with van der Waals surface area (Å²) in [7, 11) is 3.88. The van der Waals surface area contributed by atoms with Crippen molar-refractivity contribution in [1.82, 2.24) is 0 Å². The molecule has 0 aliphatic heterocycles. The minimum Gasteiger partial charge on any atom is -0.378 e. The molecule has 3 heteroatoms. The Bertz CT molecular complexity index is 601. The average Bonchev–Trinajstić information content (AvgIpc) is 2.48. The summed E-state index contributed by atoms with van der Waals surface area (Å²) in [4.78, 5) is 26.0. The number of hydrogen-bond acceptors (Lipinski definition) is 3. The fourth-order valence-corrected chi connectivity index (χ4v) is 1.92. The van der Waals surface area contributed by atoms with Crippen molar-refractivity contribution in [1.29, 1.82) is 0 Å². The van der Waals surface area contributed by atoms with Gasteiger partial charge in [-0.05, 0) is 24.3 Å². The SMILES string of the molecule is CN(C)c1ccc(C(=O)CC(=O)c2ccccc2)cc1.